The number of amides is 1. The highest BCUT2D eigenvalue weighted by atomic mass is 16.3. The number of carbonyl (C=O) groups is 1. The summed E-state index contributed by atoms with van der Waals surface area (Å²) in [6.07, 6.45) is 1.10. The van der Waals surface area contributed by atoms with Crippen LogP contribution in [-0.2, 0) is 11.2 Å². The lowest BCUT2D eigenvalue weighted by molar-refractivity contribution is -0.121. The number of hydrogen-bond donors (Lipinski definition) is 3. The predicted molar refractivity (Wildman–Crippen MR) is 73.7 cm³/mol. The molecule has 1 aromatic carbocycles. The molecule has 2 aromatic rings. The third-order valence-corrected chi connectivity index (χ3v) is 2.91. The molecular weight excluding hydrogens is 242 g/mol. The first-order valence-corrected chi connectivity index (χ1v) is 6.53. The number of aromatic amines is 1. The lowest BCUT2D eigenvalue weighted by atomic mass is 10.2. The van der Waals surface area contributed by atoms with Crippen molar-refractivity contribution in [1.82, 2.24) is 15.3 Å². The highest BCUT2D eigenvalue weighted by Gasteiger charge is 2.05. The van der Waals surface area contributed by atoms with E-state index < -0.39 is 6.10 Å². The highest BCUT2D eigenvalue weighted by Crippen LogP contribution is 2.10. The third kappa shape index (κ3) is 4.06. The normalized spacial score (nSPS) is 12.5. The Hall–Kier alpha value is -1.88. The van der Waals surface area contributed by atoms with Gasteiger partial charge in [-0.25, -0.2) is 4.98 Å². The average molecular weight is 261 g/mol. The molecule has 0 aliphatic carbocycles. The second-order valence-electron chi connectivity index (χ2n) is 4.69. The van der Waals surface area contributed by atoms with E-state index in [1.54, 1.807) is 6.92 Å². The zero-order valence-corrected chi connectivity index (χ0v) is 11.0. The molecule has 5 heteroatoms. The van der Waals surface area contributed by atoms with Crippen LogP contribution in [0.5, 0.6) is 0 Å². The van der Waals surface area contributed by atoms with Crippen LogP contribution in [0.25, 0.3) is 11.0 Å². The third-order valence-electron chi connectivity index (χ3n) is 2.91. The number of nitrogens with zero attached hydrogens (tertiary/aromatic N) is 1. The fourth-order valence-corrected chi connectivity index (χ4v) is 1.87. The maximum Gasteiger partial charge on any atom is 0.220 e. The molecule has 102 valence electrons. The molecular formula is C14H19N3O2. The van der Waals surface area contributed by atoms with Crippen molar-refractivity contribution in [2.75, 3.05) is 6.54 Å². The van der Waals surface area contributed by atoms with Gasteiger partial charge in [0, 0.05) is 19.4 Å². The molecule has 0 aliphatic heterocycles. The highest BCUT2D eigenvalue weighted by molar-refractivity contribution is 5.76. The second-order valence-corrected chi connectivity index (χ2v) is 4.69. The Bertz CT molecular complexity index is 515. The van der Waals surface area contributed by atoms with Crippen LogP contribution in [0.1, 0.15) is 25.6 Å². The summed E-state index contributed by atoms with van der Waals surface area (Å²) in [5.41, 5.74) is 1.95. The molecule has 0 spiro atoms. The van der Waals surface area contributed by atoms with Gasteiger partial charge in [0.1, 0.15) is 5.82 Å². The van der Waals surface area contributed by atoms with E-state index in [1.165, 1.54) is 0 Å². The number of fused-ring (bicyclic) bond motifs is 1. The van der Waals surface area contributed by atoms with E-state index in [0.29, 0.717) is 25.8 Å². The van der Waals surface area contributed by atoms with E-state index in [2.05, 4.69) is 15.3 Å². The van der Waals surface area contributed by atoms with Crippen LogP contribution >= 0.6 is 0 Å². The molecule has 0 saturated carbocycles. The Labute approximate surface area is 112 Å². The lowest BCUT2D eigenvalue weighted by Gasteiger charge is -2.05. The molecule has 1 amide bonds. The van der Waals surface area contributed by atoms with Crippen LogP contribution in [0, 0.1) is 0 Å². The van der Waals surface area contributed by atoms with Gasteiger partial charge >= 0.3 is 0 Å². The Kier molecular flexibility index (Phi) is 4.52. The predicted octanol–water partition coefficient (Wildman–Crippen LogP) is 1.38. The summed E-state index contributed by atoms with van der Waals surface area (Å²) in [5, 5.41) is 11.9. The first kappa shape index (κ1) is 13.5. The summed E-state index contributed by atoms with van der Waals surface area (Å²) in [6, 6.07) is 7.84. The van der Waals surface area contributed by atoms with Crippen molar-refractivity contribution in [1.29, 1.82) is 0 Å². The molecule has 3 N–H and O–H groups in total. The van der Waals surface area contributed by atoms with Gasteiger partial charge in [0.05, 0.1) is 17.1 Å². The zero-order chi connectivity index (χ0) is 13.7. The Morgan fingerprint density at radius 2 is 2.26 bits per heavy atom. The molecule has 0 aliphatic rings. The van der Waals surface area contributed by atoms with Gasteiger partial charge in [0.25, 0.3) is 0 Å². The van der Waals surface area contributed by atoms with Gasteiger partial charge in [-0.15, -0.1) is 0 Å². The van der Waals surface area contributed by atoms with Crippen molar-refractivity contribution in [3.8, 4) is 0 Å². The molecule has 1 aromatic heterocycles. The van der Waals surface area contributed by atoms with Crippen molar-refractivity contribution in [2.24, 2.45) is 0 Å². The largest absolute Gasteiger partial charge is 0.393 e. The molecule has 0 bridgehead atoms. The quantitative estimate of drug-likeness (QED) is 0.735. The standard InChI is InChI=1S/C14H19N3O2/c1-10(18)6-7-14(19)15-9-8-13-16-11-4-2-3-5-12(11)17-13/h2-5,10,18H,6-9H2,1H3,(H,15,19)(H,16,17)/t10-/m1/s1. The average Bonchev–Trinajstić information content (AvgIpc) is 2.79. The van der Waals surface area contributed by atoms with Crippen LogP contribution in [0.15, 0.2) is 24.3 Å². The van der Waals surface area contributed by atoms with Crippen molar-refractivity contribution >= 4 is 16.9 Å². The number of hydrogen-bond acceptors (Lipinski definition) is 3. The Balaban J connectivity index is 1.77. The van der Waals surface area contributed by atoms with Crippen molar-refractivity contribution < 1.29 is 9.90 Å². The molecule has 5 nitrogen and oxygen atoms in total. The topological polar surface area (TPSA) is 78.0 Å². The minimum atomic E-state index is -0.430. The summed E-state index contributed by atoms with van der Waals surface area (Å²) in [6.45, 7) is 2.24. The number of para-hydroxylation sites is 2. The van der Waals surface area contributed by atoms with Crippen molar-refractivity contribution in [2.45, 2.75) is 32.3 Å². The number of rotatable bonds is 6. The first-order valence-electron chi connectivity index (χ1n) is 6.53. The van der Waals surface area contributed by atoms with Crippen LogP contribution in [0.4, 0.5) is 0 Å². The molecule has 1 heterocycles. The lowest BCUT2D eigenvalue weighted by Crippen LogP contribution is -2.26. The van der Waals surface area contributed by atoms with E-state index in [0.717, 1.165) is 16.9 Å². The van der Waals surface area contributed by atoms with Gasteiger partial charge in [-0.3, -0.25) is 4.79 Å². The molecule has 0 unspecified atom stereocenters. The smallest absolute Gasteiger partial charge is 0.220 e. The van der Waals surface area contributed by atoms with E-state index in [4.69, 9.17) is 5.11 Å². The van der Waals surface area contributed by atoms with Gasteiger partial charge in [-0.2, -0.15) is 0 Å². The summed E-state index contributed by atoms with van der Waals surface area (Å²) in [4.78, 5) is 19.1. The Morgan fingerprint density at radius 1 is 1.47 bits per heavy atom. The number of aliphatic hydroxyl groups is 1. The number of aliphatic hydroxyl groups excluding tert-OH is 1. The number of benzene rings is 1. The van der Waals surface area contributed by atoms with Crippen LogP contribution in [0.2, 0.25) is 0 Å². The van der Waals surface area contributed by atoms with Crippen LogP contribution in [-0.4, -0.2) is 33.6 Å². The first-order chi connectivity index (χ1) is 9.15. The maximum absolute atomic E-state index is 11.5. The summed E-state index contributed by atoms with van der Waals surface area (Å²) < 4.78 is 0. The minimum Gasteiger partial charge on any atom is -0.393 e. The van der Waals surface area contributed by atoms with Crippen molar-refractivity contribution in [3.05, 3.63) is 30.1 Å². The molecule has 1 atom stereocenters. The van der Waals surface area contributed by atoms with Crippen molar-refractivity contribution in [3.63, 3.8) is 0 Å². The summed E-state index contributed by atoms with van der Waals surface area (Å²) in [5.74, 6) is 0.842. The minimum absolute atomic E-state index is 0.0305. The van der Waals surface area contributed by atoms with Gasteiger partial charge in [0.2, 0.25) is 5.91 Å². The molecule has 0 radical (unpaired) electrons. The van der Waals surface area contributed by atoms with E-state index in [9.17, 15) is 4.79 Å². The van der Waals surface area contributed by atoms with Gasteiger partial charge < -0.3 is 15.4 Å². The van der Waals surface area contributed by atoms with Crippen LogP contribution < -0.4 is 5.32 Å². The number of H-pyrrole nitrogens is 1. The van der Waals surface area contributed by atoms with Gasteiger partial charge in [-0.05, 0) is 25.5 Å². The zero-order valence-electron chi connectivity index (χ0n) is 11.0. The number of nitrogens with one attached hydrogen (secondary N) is 2. The summed E-state index contributed by atoms with van der Waals surface area (Å²) in [7, 11) is 0. The fourth-order valence-electron chi connectivity index (χ4n) is 1.87. The Morgan fingerprint density at radius 3 is 3.00 bits per heavy atom. The van der Waals surface area contributed by atoms with Gasteiger partial charge in [0.15, 0.2) is 0 Å². The fraction of sp³-hybridized carbons (Fsp3) is 0.429. The monoisotopic (exact) mass is 261 g/mol. The maximum atomic E-state index is 11.5. The molecule has 0 saturated heterocycles. The molecule has 0 fully saturated rings. The molecule has 2 rings (SSSR count). The van der Waals surface area contributed by atoms with Crippen LogP contribution in [0.3, 0.4) is 0 Å². The van der Waals surface area contributed by atoms with E-state index in [1.807, 2.05) is 24.3 Å². The number of carbonyl (C=O) groups excluding carboxylic acids is 1. The SMILES string of the molecule is C[C@@H](O)CCC(=O)NCCc1nc2ccccc2[nH]1. The summed E-state index contributed by atoms with van der Waals surface area (Å²) >= 11 is 0. The van der Waals surface area contributed by atoms with E-state index in [-0.39, 0.29) is 5.91 Å². The van der Waals surface area contributed by atoms with Gasteiger partial charge in [-0.1, -0.05) is 12.1 Å². The number of imidazole rings is 1. The molecule has 19 heavy (non-hydrogen) atoms. The number of aromatic nitrogens is 2. The second kappa shape index (κ2) is 6.33. The van der Waals surface area contributed by atoms with E-state index >= 15 is 0 Å².